The zero-order chi connectivity index (χ0) is 32.7. The number of hydrogen-bond acceptors (Lipinski definition) is 7. The van der Waals surface area contributed by atoms with Crippen LogP contribution in [-0.4, -0.2) is 40.8 Å². The van der Waals surface area contributed by atoms with E-state index in [4.69, 9.17) is 9.47 Å². The molecule has 0 aliphatic heterocycles. The van der Waals surface area contributed by atoms with Gasteiger partial charge in [0.15, 0.2) is 11.9 Å². The maximum absolute atomic E-state index is 14.7. The maximum Gasteiger partial charge on any atom is 0.425 e. The van der Waals surface area contributed by atoms with Crippen LogP contribution in [0.1, 0.15) is 105 Å². The van der Waals surface area contributed by atoms with Crippen LogP contribution in [0.5, 0.6) is 11.5 Å². The smallest absolute Gasteiger partial charge is 0.425 e. The number of halogens is 4. The molecule has 1 aromatic heterocycles. The van der Waals surface area contributed by atoms with E-state index >= 15 is 0 Å². The van der Waals surface area contributed by atoms with E-state index in [0.717, 1.165) is 49.6 Å². The Morgan fingerprint density at radius 2 is 1.38 bits per heavy atom. The SMILES string of the molecule is CCCCCCCCOc1ccc(-c2ncc(C(=O)Oc3ccc(C(=O)OC(CCCCCC)C(F)(F)F)c(F)c3)cn2)cc1. The number of hydrogen-bond donors (Lipinski definition) is 0. The highest BCUT2D eigenvalue weighted by molar-refractivity contribution is 5.92. The molecule has 1 atom stereocenters. The summed E-state index contributed by atoms with van der Waals surface area (Å²) >= 11 is 0. The Morgan fingerprint density at radius 3 is 2.00 bits per heavy atom. The highest BCUT2D eigenvalue weighted by Gasteiger charge is 2.42. The molecule has 45 heavy (non-hydrogen) atoms. The highest BCUT2D eigenvalue weighted by atomic mass is 19.4. The molecular formula is C34H40F4N2O5. The number of ether oxygens (including phenoxy) is 3. The lowest BCUT2D eigenvalue weighted by molar-refractivity contribution is -0.206. The van der Waals surface area contributed by atoms with Crippen molar-refractivity contribution in [2.45, 2.75) is 96.8 Å². The second-order valence-electron chi connectivity index (χ2n) is 10.8. The number of alkyl halides is 3. The Bertz CT molecular complexity index is 1350. The number of aromatic nitrogens is 2. The van der Waals surface area contributed by atoms with Crippen molar-refractivity contribution >= 4 is 11.9 Å². The van der Waals surface area contributed by atoms with Crippen molar-refractivity contribution in [2.75, 3.05) is 6.61 Å². The first-order valence-corrected chi connectivity index (χ1v) is 15.5. The van der Waals surface area contributed by atoms with Crippen molar-refractivity contribution in [2.24, 2.45) is 0 Å². The van der Waals surface area contributed by atoms with Crippen LogP contribution in [0.25, 0.3) is 11.4 Å². The molecule has 7 nitrogen and oxygen atoms in total. The number of benzene rings is 2. The van der Waals surface area contributed by atoms with Crippen LogP contribution in [0, 0.1) is 5.82 Å². The van der Waals surface area contributed by atoms with Crippen LogP contribution in [-0.2, 0) is 4.74 Å². The Hall–Kier alpha value is -4.02. The lowest BCUT2D eigenvalue weighted by atomic mass is 10.1. The van der Waals surface area contributed by atoms with Crippen molar-refractivity contribution in [3.05, 3.63) is 71.8 Å². The number of carbonyl (C=O) groups is 2. The van der Waals surface area contributed by atoms with E-state index in [1.165, 1.54) is 38.1 Å². The van der Waals surface area contributed by atoms with E-state index < -0.39 is 42.0 Å². The third kappa shape index (κ3) is 11.8. The molecule has 0 saturated carbocycles. The Kier molecular flexibility index (Phi) is 14.2. The zero-order valence-electron chi connectivity index (χ0n) is 25.7. The fourth-order valence-corrected chi connectivity index (χ4v) is 4.48. The van der Waals surface area contributed by atoms with Crippen molar-refractivity contribution < 1.29 is 41.4 Å². The molecule has 0 radical (unpaired) electrons. The average molecular weight is 633 g/mol. The molecule has 11 heteroatoms. The van der Waals surface area contributed by atoms with Crippen LogP contribution in [0.2, 0.25) is 0 Å². The van der Waals surface area contributed by atoms with Gasteiger partial charge in [0.1, 0.15) is 17.3 Å². The fourth-order valence-electron chi connectivity index (χ4n) is 4.48. The maximum atomic E-state index is 14.7. The summed E-state index contributed by atoms with van der Waals surface area (Å²) in [7, 11) is 0. The minimum absolute atomic E-state index is 0.0161. The summed E-state index contributed by atoms with van der Waals surface area (Å²) < 4.78 is 70.3. The van der Waals surface area contributed by atoms with E-state index in [1.54, 1.807) is 0 Å². The van der Waals surface area contributed by atoms with Gasteiger partial charge in [-0.05, 0) is 55.7 Å². The molecule has 0 spiro atoms. The number of esters is 2. The molecule has 0 amide bonds. The summed E-state index contributed by atoms with van der Waals surface area (Å²) in [6, 6.07) is 9.98. The Labute approximate surface area is 261 Å². The van der Waals surface area contributed by atoms with Crippen molar-refractivity contribution in [3.8, 4) is 22.9 Å². The molecule has 2 aromatic carbocycles. The first-order chi connectivity index (χ1) is 21.6. The van der Waals surface area contributed by atoms with Crippen molar-refractivity contribution in [3.63, 3.8) is 0 Å². The summed E-state index contributed by atoms with van der Waals surface area (Å²) in [6.07, 6.45) is 4.43. The topological polar surface area (TPSA) is 87.6 Å². The normalized spacial score (nSPS) is 12.0. The number of carbonyl (C=O) groups excluding carboxylic acids is 2. The molecule has 3 aromatic rings. The van der Waals surface area contributed by atoms with Gasteiger partial charge in [-0.3, -0.25) is 0 Å². The second kappa shape index (κ2) is 18.1. The summed E-state index contributed by atoms with van der Waals surface area (Å²) in [5.41, 5.74) is -0.0122. The third-order valence-corrected chi connectivity index (χ3v) is 7.07. The minimum atomic E-state index is -4.78. The van der Waals surface area contributed by atoms with Crippen LogP contribution in [0.15, 0.2) is 54.9 Å². The van der Waals surface area contributed by atoms with E-state index in [9.17, 15) is 27.2 Å². The molecule has 0 saturated heterocycles. The van der Waals surface area contributed by atoms with Gasteiger partial charge in [-0.1, -0.05) is 65.2 Å². The molecule has 0 bridgehead atoms. The van der Waals surface area contributed by atoms with E-state index in [-0.39, 0.29) is 17.7 Å². The molecule has 0 aliphatic rings. The van der Waals surface area contributed by atoms with Crippen LogP contribution >= 0.6 is 0 Å². The number of unbranched alkanes of at least 4 members (excludes halogenated alkanes) is 8. The van der Waals surface area contributed by atoms with Gasteiger partial charge in [0.05, 0.1) is 17.7 Å². The van der Waals surface area contributed by atoms with Gasteiger partial charge >= 0.3 is 18.1 Å². The quantitative estimate of drug-likeness (QED) is 0.0598. The second-order valence-corrected chi connectivity index (χ2v) is 10.8. The van der Waals surface area contributed by atoms with Gasteiger partial charge in [-0.2, -0.15) is 13.2 Å². The third-order valence-electron chi connectivity index (χ3n) is 7.07. The summed E-state index contributed by atoms with van der Waals surface area (Å²) in [4.78, 5) is 33.3. The van der Waals surface area contributed by atoms with E-state index in [1.807, 2.05) is 31.2 Å². The summed E-state index contributed by atoms with van der Waals surface area (Å²) in [5.74, 6) is -2.69. The van der Waals surface area contributed by atoms with Crippen LogP contribution < -0.4 is 9.47 Å². The lowest BCUT2D eigenvalue weighted by Gasteiger charge is -2.21. The van der Waals surface area contributed by atoms with Gasteiger partial charge in [-0.25, -0.2) is 23.9 Å². The molecule has 0 aliphatic carbocycles. The molecule has 1 heterocycles. The Balaban J connectivity index is 1.53. The van der Waals surface area contributed by atoms with E-state index in [0.29, 0.717) is 24.4 Å². The van der Waals surface area contributed by atoms with E-state index in [2.05, 4.69) is 21.6 Å². The standard InChI is InChI=1S/C34H40F4N2O5/c1-3-5-7-9-10-12-20-43-26-16-14-24(15-17-26)31-39-22-25(23-40-31)32(41)44-27-18-19-28(29(35)21-27)33(42)45-30(34(36,37)38)13-11-8-6-4-2/h14-19,21-23,30H,3-13,20H2,1-2H3. The molecule has 0 fully saturated rings. The monoisotopic (exact) mass is 632 g/mol. The van der Waals surface area contributed by atoms with Gasteiger partial charge < -0.3 is 14.2 Å². The van der Waals surface area contributed by atoms with Crippen molar-refractivity contribution in [1.82, 2.24) is 9.97 Å². The van der Waals surface area contributed by atoms with Gasteiger partial charge in [0.2, 0.25) is 0 Å². The number of rotatable bonds is 18. The molecular weight excluding hydrogens is 592 g/mol. The lowest BCUT2D eigenvalue weighted by Crippen LogP contribution is -2.34. The minimum Gasteiger partial charge on any atom is -0.494 e. The predicted molar refractivity (Wildman–Crippen MR) is 162 cm³/mol. The molecule has 3 rings (SSSR count). The molecule has 1 unspecified atom stereocenters. The van der Waals surface area contributed by atoms with Gasteiger partial charge in [0.25, 0.3) is 0 Å². The van der Waals surface area contributed by atoms with Gasteiger partial charge in [-0.15, -0.1) is 0 Å². The van der Waals surface area contributed by atoms with Crippen molar-refractivity contribution in [1.29, 1.82) is 0 Å². The number of nitrogens with zero attached hydrogens (tertiary/aromatic N) is 2. The largest absolute Gasteiger partial charge is 0.494 e. The van der Waals surface area contributed by atoms with Crippen LogP contribution in [0.4, 0.5) is 17.6 Å². The first-order valence-electron chi connectivity index (χ1n) is 15.5. The van der Waals surface area contributed by atoms with Gasteiger partial charge in [0, 0.05) is 24.0 Å². The first kappa shape index (κ1) is 35.5. The summed E-state index contributed by atoms with van der Waals surface area (Å²) in [5, 5.41) is 0. The fraction of sp³-hybridized carbons (Fsp3) is 0.471. The predicted octanol–water partition coefficient (Wildman–Crippen LogP) is 9.30. The van der Waals surface area contributed by atoms with Crippen LogP contribution in [0.3, 0.4) is 0 Å². The zero-order valence-corrected chi connectivity index (χ0v) is 25.7. The highest BCUT2D eigenvalue weighted by Crippen LogP contribution is 2.29. The average Bonchev–Trinajstić information content (AvgIpc) is 3.02. The molecule has 0 N–H and O–H groups in total. The molecule has 244 valence electrons. The summed E-state index contributed by atoms with van der Waals surface area (Å²) in [6.45, 7) is 4.76. The Morgan fingerprint density at radius 1 is 0.778 bits per heavy atom.